The highest BCUT2D eigenvalue weighted by Gasteiger charge is 2.46. The smallest absolute Gasteiger partial charge is 0.263 e. The van der Waals surface area contributed by atoms with E-state index in [2.05, 4.69) is 5.32 Å². The third kappa shape index (κ3) is 8.60. The lowest BCUT2D eigenvalue weighted by Gasteiger charge is -2.27. The molecule has 0 bridgehead atoms. The first kappa shape index (κ1) is 31.7. The quantitative estimate of drug-likeness (QED) is 0.147. The Hall–Kier alpha value is -2.79. The number of hydrogen-bond acceptors (Lipinski definition) is 12. The van der Waals surface area contributed by atoms with Crippen LogP contribution in [0.4, 0.5) is 0 Å². The van der Waals surface area contributed by atoms with Gasteiger partial charge in [-0.2, -0.15) is 0 Å². The molecule has 1 unspecified atom stereocenters. The van der Waals surface area contributed by atoms with Crippen molar-refractivity contribution in [1.82, 2.24) is 10.2 Å². The molecule has 0 saturated carbocycles. The molecular weight excluding hydrogens is 550 g/mol. The lowest BCUT2D eigenvalue weighted by Crippen LogP contribution is -2.54. The van der Waals surface area contributed by atoms with Crippen molar-refractivity contribution < 1.29 is 51.3 Å². The Bertz CT molecular complexity index is 1160. The summed E-state index contributed by atoms with van der Waals surface area (Å²) in [4.78, 5) is 50.2. The van der Waals surface area contributed by atoms with Gasteiger partial charge in [-0.25, -0.2) is 8.42 Å². The Balaban J connectivity index is 1.36. The molecule has 2 aliphatic heterocycles. The molecule has 15 heteroatoms. The highest BCUT2D eigenvalue weighted by Crippen LogP contribution is 2.32. The average Bonchev–Trinajstić information content (AvgIpc) is 3.18. The number of nitrogens with two attached hydrogens (primary N) is 1. The molecule has 14 nitrogen and oxygen atoms in total. The third-order valence-corrected chi connectivity index (χ3v) is 7.73. The fourth-order valence-electron chi connectivity index (χ4n) is 4.09. The molecule has 0 radical (unpaired) electrons. The van der Waals surface area contributed by atoms with Crippen LogP contribution in [0.2, 0.25) is 0 Å². The Labute approximate surface area is 232 Å². The lowest BCUT2D eigenvalue weighted by molar-refractivity contribution is -0.136. The number of carbonyl (C=O) groups excluding carboxylic acids is 4. The highest BCUT2D eigenvalue weighted by atomic mass is 32.2. The zero-order valence-electron chi connectivity index (χ0n) is 22.1. The molecule has 2 heterocycles. The molecule has 1 aromatic carbocycles. The van der Waals surface area contributed by atoms with E-state index in [1.807, 2.05) is 0 Å². The molecule has 222 valence electrons. The summed E-state index contributed by atoms with van der Waals surface area (Å²) in [6, 6.07) is 2.77. The first-order valence-electron chi connectivity index (χ1n) is 12.9. The molecule has 0 aromatic heterocycles. The second-order valence-electron chi connectivity index (χ2n) is 8.80. The van der Waals surface area contributed by atoms with Gasteiger partial charge in [-0.15, -0.1) is 0 Å². The van der Waals surface area contributed by atoms with Crippen LogP contribution in [0.1, 0.15) is 33.6 Å². The Morgan fingerprint density at radius 1 is 0.800 bits per heavy atom. The first-order valence-corrected chi connectivity index (χ1v) is 14.6. The van der Waals surface area contributed by atoms with E-state index in [1.165, 1.54) is 18.2 Å². The van der Waals surface area contributed by atoms with E-state index in [0.717, 1.165) is 4.90 Å². The van der Waals surface area contributed by atoms with Gasteiger partial charge in [0.05, 0.1) is 87.8 Å². The second-order valence-corrected chi connectivity index (χ2v) is 10.9. The number of fused-ring (bicyclic) bond motifs is 1. The molecule has 4 amide bonds. The van der Waals surface area contributed by atoms with Gasteiger partial charge in [-0.1, -0.05) is 6.07 Å². The summed E-state index contributed by atoms with van der Waals surface area (Å²) >= 11 is 0. The Morgan fingerprint density at radius 3 is 1.90 bits per heavy atom. The number of hydrogen-bond donors (Lipinski definition) is 2. The first-order chi connectivity index (χ1) is 19.3. The van der Waals surface area contributed by atoms with Gasteiger partial charge in [0, 0.05) is 13.0 Å². The zero-order chi connectivity index (χ0) is 29.0. The van der Waals surface area contributed by atoms with Crippen molar-refractivity contribution in [2.24, 2.45) is 5.73 Å². The predicted octanol–water partition coefficient (Wildman–Crippen LogP) is -1.10. The number of nitrogens with zero attached hydrogens (tertiary/aromatic N) is 1. The molecule has 40 heavy (non-hydrogen) atoms. The van der Waals surface area contributed by atoms with Gasteiger partial charge in [0.15, 0.2) is 9.84 Å². The monoisotopic (exact) mass is 585 g/mol. The topological polar surface area (TPSA) is 190 Å². The third-order valence-electron chi connectivity index (χ3n) is 6.01. The number of carbonyl (C=O) groups is 4. The van der Waals surface area contributed by atoms with E-state index in [1.54, 1.807) is 0 Å². The van der Waals surface area contributed by atoms with Gasteiger partial charge in [0.25, 0.3) is 11.8 Å². The van der Waals surface area contributed by atoms with Crippen LogP contribution >= 0.6 is 0 Å². The molecule has 0 spiro atoms. The van der Waals surface area contributed by atoms with Crippen LogP contribution in [-0.2, 0) is 43.1 Å². The minimum atomic E-state index is -4.00. The summed E-state index contributed by atoms with van der Waals surface area (Å²) in [6.45, 7) is 3.69. The van der Waals surface area contributed by atoms with E-state index >= 15 is 0 Å². The molecule has 1 saturated heterocycles. The van der Waals surface area contributed by atoms with Crippen molar-refractivity contribution in [3.63, 3.8) is 0 Å². The van der Waals surface area contributed by atoms with E-state index in [4.69, 9.17) is 29.4 Å². The number of benzene rings is 1. The van der Waals surface area contributed by atoms with Crippen LogP contribution in [0.25, 0.3) is 0 Å². The van der Waals surface area contributed by atoms with Crippen LogP contribution in [0.5, 0.6) is 0 Å². The van der Waals surface area contributed by atoms with Crippen molar-refractivity contribution in [2.45, 2.75) is 23.8 Å². The van der Waals surface area contributed by atoms with Crippen LogP contribution in [0.3, 0.4) is 0 Å². The number of ether oxygens (including phenoxy) is 5. The van der Waals surface area contributed by atoms with Crippen LogP contribution in [-0.4, -0.2) is 121 Å². The molecule has 2 aliphatic rings. The molecule has 3 N–H and O–H groups in total. The minimum absolute atomic E-state index is 0.0273. The van der Waals surface area contributed by atoms with E-state index in [9.17, 15) is 27.6 Å². The van der Waals surface area contributed by atoms with Crippen molar-refractivity contribution in [1.29, 1.82) is 0 Å². The Kier molecular flexibility index (Phi) is 12.6. The fraction of sp³-hybridized carbons (Fsp3) is 0.600. The summed E-state index contributed by atoms with van der Waals surface area (Å²) in [5.74, 6) is -3.35. The average molecular weight is 586 g/mol. The number of nitrogens with one attached hydrogen (secondary N) is 1. The highest BCUT2D eigenvalue weighted by molar-refractivity contribution is 7.91. The van der Waals surface area contributed by atoms with Gasteiger partial charge in [0.2, 0.25) is 11.8 Å². The van der Waals surface area contributed by atoms with Crippen LogP contribution in [0.15, 0.2) is 23.1 Å². The lowest BCUT2D eigenvalue weighted by atomic mass is 10.0. The van der Waals surface area contributed by atoms with Gasteiger partial charge in [-0.3, -0.25) is 29.4 Å². The molecule has 1 aromatic rings. The van der Waals surface area contributed by atoms with Gasteiger partial charge < -0.3 is 29.4 Å². The van der Waals surface area contributed by atoms with Crippen molar-refractivity contribution in [3.8, 4) is 0 Å². The largest absolute Gasteiger partial charge is 0.378 e. The van der Waals surface area contributed by atoms with Gasteiger partial charge in [0.1, 0.15) is 6.04 Å². The summed E-state index contributed by atoms with van der Waals surface area (Å²) in [5, 5.41) is 2.10. The van der Waals surface area contributed by atoms with E-state index in [0.29, 0.717) is 52.8 Å². The summed E-state index contributed by atoms with van der Waals surface area (Å²) in [5.41, 5.74) is 4.94. The molecule has 1 atom stereocenters. The van der Waals surface area contributed by atoms with Crippen molar-refractivity contribution >= 4 is 33.5 Å². The molecule has 0 aliphatic carbocycles. The van der Waals surface area contributed by atoms with Gasteiger partial charge in [-0.05, 0) is 18.6 Å². The normalized spacial score (nSPS) is 17.4. The van der Waals surface area contributed by atoms with Gasteiger partial charge >= 0.3 is 0 Å². The predicted molar refractivity (Wildman–Crippen MR) is 138 cm³/mol. The maximum absolute atomic E-state index is 13.1. The summed E-state index contributed by atoms with van der Waals surface area (Å²) in [7, 11) is -4.00. The molecule has 3 rings (SSSR count). The number of rotatable bonds is 19. The number of imide groups is 2. The van der Waals surface area contributed by atoms with Crippen molar-refractivity contribution in [2.75, 3.05) is 78.4 Å². The van der Waals surface area contributed by atoms with Crippen LogP contribution < -0.4 is 11.1 Å². The second kappa shape index (κ2) is 15.9. The Morgan fingerprint density at radius 2 is 1.35 bits per heavy atom. The van der Waals surface area contributed by atoms with Crippen molar-refractivity contribution in [3.05, 3.63) is 29.3 Å². The maximum atomic E-state index is 13.1. The number of amides is 4. The van der Waals surface area contributed by atoms with Crippen LogP contribution in [0, 0.1) is 0 Å². The summed E-state index contributed by atoms with van der Waals surface area (Å²) in [6.07, 6.45) is -0.0645. The fourth-order valence-corrected chi connectivity index (χ4v) is 5.44. The summed E-state index contributed by atoms with van der Waals surface area (Å²) < 4.78 is 52.7. The SMILES string of the molecule is NCCOCCOCCOCCOCCOCCS(=O)(=O)c1cccc2c1C(=O)N(C1CCC(=O)NC1=O)C2=O. The zero-order valence-corrected chi connectivity index (χ0v) is 22.9. The minimum Gasteiger partial charge on any atom is -0.378 e. The number of piperidine rings is 1. The van der Waals surface area contributed by atoms with E-state index < -0.39 is 45.3 Å². The maximum Gasteiger partial charge on any atom is 0.263 e. The molecule has 1 fully saturated rings. The standard InChI is InChI=1S/C25H35N3O11S/c26-6-7-35-8-9-36-10-11-37-12-13-38-14-15-39-16-17-40(33,34)20-3-1-2-18-22(20)25(32)28(24(18)31)19-4-5-21(29)27-23(19)30/h1-3,19H,4-17,26H2,(H,27,29,30). The molecular formula is C25H35N3O11S. The van der Waals surface area contributed by atoms with E-state index in [-0.39, 0.29) is 48.7 Å². The number of sulfone groups is 1.